The highest BCUT2D eigenvalue weighted by atomic mass is 79.9. The second kappa shape index (κ2) is 10.3. The van der Waals surface area contributed by atoms with E-state index in [9.17, 15) is 4.79 Å². The van der Waals surface area contributed by atoms with Gasteiger partial charge in [0.25, 0.3) is 0 Å². The maximum absolute atomic E-state index is 12.7. The minimum absolute atomic E-state index is 0.0187. The maximum atomic E-state index is 12.7. The van der Waals surface area contributed by atoms with Gasteiger partial charge in [-0.05, 0) is 37.1 Å². The summed E-state index contributed by atoms with van der Waals surface area (Å²) in [5, 5.41) is 4.04. The Morgan fingerprint density at radius 3 is 2.70 bits per heavy atom. The zero-order valence-corrected chi connectivity index (χ0v) is 18.7. The Balaban J connectivity index is 1.26. The molecule has 0 spiro atoms. The van der Waals surface area contributed by atoms with Gasteiger partial charge in [-0.15, -0.1) is 0 Å². The van der Waals surface area contributed by atoms with Crippen LogP contribution < -0.4 is 14.8 Å². The van der Waals surface area contributed by atoms with Crippen LogP contribution >= 0.6 is 15.9 Å². The van der Waals surface area contributed by atoms with Gasteiger partial charge in [-0.1, -0.05) is 58.4 Å². The van der Waals surface area contributed by atoms with Crippen molar-refractivity contribution in [1.82, 2.24) is 10.2 Å². The molecule has 1 N–H and O–H groups in total. The summed E-state index contributed by atoms with van der Waals surface area (Å²) >= 11 is 3.57. The number of para-hydroxylation sites is 2. The minimum atomic E-state index is 0.0187. The number of fused-ring (bicyclic) bond motifs is 1. The predicted octanol–water partition coefficient (Wildman–Crippen LogP) is 3.98. The minimum Gasteiger partial charge on any atom is -0.486 e. The first-order valence-electron chi connectivity index (χ1n) is 10.7. The number of amides is 1. The summed E-state index contributed by atoms with van der Waals surface area (Å²) in [5.41, 5.74) is 1.20. The Hall–Kier alpha value is -2.05. The van der Waals surface area contributed by atoms with Crippen LogP contribution in [0.5, 0.6) is 11.5 Å². The fraction of sp³-hybridized carbons (Fsp3) is 0.458. The number of piperidine rings is 1. The van der Waals surface area contributed by atoms with Gasteiger partial charge in [0.1, 0.15) is 12.7 Å². The zero-order valence-electron chi connectivity index (χ0n) is 17.1. The van der Waals surface area contributed by atoms with E-state index in [1.165, 1.54) is 5.56 Å². The van der Waals surface area contributed by atoms with E-state index in [0.29, 0.717) is 13.0 Å². The molecule has 0 radical (unpaired) electrons. The third kappa shape index (κ3) is 5.55. The van der Waals surface area contributed by atoms with Gasteiger partial charge in [0.15, 0.2) is 11.5 Å². The van der Waals surface area contributed by atoms with Crippen molar-refractivity contribution in [2.24, 2.45) is 0 Å². The van der Waals surface area contributed by atoms with E-state index in [1.54, 1.807) is 0 Å². The molecule has 3 atom stereocenters. The molecule has 0 saturated carbocycles. The SMILES string of the molecule is O=C(CC(CBr)c1ccccc1)N[C@H]1CCCN(C[C@H]2COc3ccccc3O2)C1. The number of hydrogen-bond acceptors (Lipinski definition) is 4. The van der Waals surface area contributed by atoms with Crippen molar-refractivity contribution < 1.29 is 14.3 Å². The number of ether oxygens (including phenoxy) is 2. The van der Waals surface area contributed by atoms with Crippen LogP contribution in [0.3, 0.4) is 0 Å². The largest absolute Gasteiger partial charge is 0.486 e. The van der Waals surface area contributed by atoms with Gasteiger partial charge in [-0.2, -0.15) is 0 Å². The molecule has 5 nitrogen and oxygen atoms in total. The lowest BCUT2D eigenvalue weighted by Gasteiger charge is -2.36. The Kier molecular flexibility index (Phi) is 7.28. The van der Waals surface area contributed by atoms with Crippen molar-refractivity contribution in [3.63, 3.8) is 0 Å². The number of alkyl halides is 1. The van der Waals surface area contributed by atoms with Gasteiger partial charge < -0.3 is 14.8 Å². The first kappa shape index (κ1) is 21.2. The third-order valence-corrected chi connectivity index (χ3v) is 6.57. The molecule has 1 unspecified atom stereocenters. The summed E-state index contributed by atoms with van der Waals surface area (Å²) in [6, 6.07) is 18.2. The standard InChI is InChI=1S/C24H29BrN2O3/c25-14-19(18-7-2-1-3-8-18)13-24(28)26-20-9-6-12-27(15-20)16-21-17-29-22-10-4-5-11-23(22)30-21/h1-5,7-8,10-11,19-21H,6,9,12-17H2,(H,26,28)/t19?,20-,21-/m0/s1. The monoisotopic (exact) mass is 472 g/mol. The number of halogens is 1. The first-order valence-corrected chi connectivity index (χ1v) is 11.8. The van der Waals surface area contributed by atoms with Crippen LogP contribution in [0.1, 0.15) is 30.7 Å². The zero-order chi connectivity index (χ0) is 20.8. The Bertz CT molecular complexity index is 832. The fourth-order valence-electron chi connectivity index (χ4n) is 4.28. The van der Waals surface area contributed by atoms with Crippen LogP contribution in [-0.2, 0) is 4.79 Å². The molecule has 0 aliphatic carbocycles. The number of hydrogen-bond donors (Lipinski definition) is 1. The smallest absolute Gasteiger partial charge is 0.220 e. The van der Waals surface area contributed by atoms with Gasteiger partial charge in [0.05, 0.1) is 0 Å². The van der Waals surface area contributed by atoms with E-state index in [-0.39, 0.29) is 24.0 Å². The van der Waals surface area contributed by atoms with E-state index in [2.05, 4.69) is 38.3 Å². The van der Waals surface area contributed by atoms with Crippen molar-refractivity contribution in [3.05, 3.63) is 60.2 Å². The first-order chi connectivity index (χ1) is 14.7. The van der Waals surface area contributed by atoms with Gasteiger partial charge in [-0.25, -0.2) is 0 Å². The third-order valence-electron chi connectivity index (χ3n) is 5.79. The van der Waals surface area contributed by atoms with Crippen LogP contribution in [0.4, 0.5) is 0 Å². The summed E-state index contributed by atoms with van der Waals surface area (Å²) in [6.07, 6.45) is 2.63. The molecular weight excluding hydrogens is 444 g/mol. The molecule has 2 heterocycles. The predicted molar refractivity (Wildman–Crippen MR) is 122 cm³/mol. The molecule has 6 heteroatoms. The van der Waals surface area contributed by atoms with Crippen molar-refractivity contribution in [3.8, 4) is 11.5 Å². The van der Waals surface area contributed by atoms with Crippen LogP contribution in [0.25, 0.3) is 0 Å². The summed E-state index contributed by atoms with van der Waals surface area (Å²) < 4.78 is 11.9. The summed E-state index contributed by atoms with van der Waals surface area (Å²) in [7, 11) is 0. The van der Waals surface area contributed by atoms with Crippen LogP contribution in [0, 0.1) is 0 Å². The van der Waals surface area contributed by atoms with Crippen LogP contribution in [-0.4, -0.2) is 54.5 Å². The molecule has 4 rings (SSSR count). The normalized spacial score (nSPS) is 22.3. The number of benzene rings is 2. The lowest BCUT2D eigenvalue weighted by atomic mass is 9.97. The number of likely N-dealkylation sites (tertiary alicyclic amines) is 1. The van der Waals surface area contributed by atoms with Crippen LogP contribution in [0.2, 0.25) is 0 Å². The van der Waals surface area contributed by atoms with E-state index in [0.717, 1.165) is 49.3 Å². The van der Waals surface area contributed by atoms with E-state index in [4.69, 9.17) is 9.47 Å². The van der Waals surface area contributed by atoms with Gasteiger partial charge >= 0.3 is 0 Å². The molecule has 2 aliphatic rings. The summed E-state index contributed by atoms with van der Waals surface area (Å²) in [6.45, 7) is 3.27. The molecule has 1 amide bonds. The summed E-state index contributed by atoms with van der Waals surface area (Å²) in [5.74, 6) is 1.95. The molecule has 2 aliphatic heterocycles. The average Bonchev–Trinajstić information content (AvgIpc) is 2.78. The lowest BCUT2D eigenvalue weighted by Crippen LogP contribution is -2.51. The summed E-state index contributed by atoms with van der Waals surface area (Å²) in [4.78, 5) is 15.1. The van der Waals surface area contributed by atoms with Crippen molar-refractivity contribution in [2.45, 2.75) is 37.3 Å². The maximum Gasteiger partial charge on any atom is 0.220 e. The second-order valence-electron chi connectivity index (χ2n) is 8.13. The highest BCUT2D eigenvalue weighted by Crippen LogP contribution is 2.31. The van der Waals surface area contributed by atoms with E-state index >= 15 is 0 Å². The highest BCUT2D eigenvalue weighted by molar-refractivity contribution is 9.09. The van der Waals surface area contributed by atoms with Gasteiger partial charge in [-0.3, -0.25) is 9.69 Å². The molecule has 2 aromatic rings. The molecule has 1 saturated heterocycles. The highest BCUT2D eigenvalue weighted by Gasteiger charge is 2.27. The van der Waals surface area contributed by atoms with Gasteiger partial charge in [0.2, 0.25) is 5.91 Å². The Labute approximate surface area is 186 Å². The average molecular weight is 473 g/mol. The Morgan fingerprint density at radius 2 is 1.90 bits per heavy atom. The number of nitrogens with one attached hydrogen (secondary N) is 1. The molecule has 0 aromatic heterocycles. The molecular formula is C24H29BrN2O3. The van der Waals surface area contributed by atoms with Crippen molar-refractivity contribution in [1.29, 1.82) is 0 Å². The van der Waals surface area contributed by atoms with E-state index < -0.39 is 0 Å². The molecule has 2 aromatic carbocycles. The van der Waals surface area contributed by atoms with E-state index in [1.807, 2.05) is 42.5 Å². The molecule has 0 bridgehead atoms. The molecule has 160 valence electrons. The molecule has 1 fully saturated rings. The molecule has 30 heavy (non-hydrogen) atoms. The van der Waals surface area contributed by atoms with Crippen molar-refractivity contribution >= 4 is 21.8 Å². The number of carbonyl (C=O) groups excluding carboxylic acids is 1. The van der Waals surface area contributed by atoms with Crippen molar-refractivity contribution in [2.75, 3.05) is 31.6 Å². The second-order valence-corrected chi connectivity index (χ2v) is 8.78. The number of rotatable bonds is 7. The Morgan fingerprint density at radius 1 is 1.13 bits per heavy atom. The van der Waals surface area contributed by atoms with Gasteiger partial charge in [0, 0.05) is 36.8 Å². The lowest BCUT2D eigenvalue weighted by molar-refractivity contribution is -0.122. The van der Waals surface area contributed by atoms with Crippen LogP contribution in [0.15, 0.2) is 54.6 Å². The number of nitrogens with zero attached hydrogens (tertiary/aromatic N) is 1. The quantitative estimate of drug-likeness (QED) is 0.619. The topological polar surface area (TPSA) is 50.8 Å². The fourth-order valence-corrected chi connectivity index (χ4v) is 4.88. The number of carbonyl (C=O) groups is 1.